The van der Waals surface area contributed by atoms with Gasteiger partial charge in [-0.25, -0.2) is 0 Å². The minimum atomic E-state index is -0.210. The van der Waals surface area contributed by atoms with E-state index in [9.17, 15) is 0 Å². The quantitative estimate of drug-likeness (QED) is 0.765. The highest BCUT2D eigenvalue weighted by molar-refractivity contribution is 5.85. The highest BCUT2D eigenvalue weighted by Gasteiger charge is 2.45. The first kappa shape index (κ1) is 10.9. The number of rotatable bonds is 2. The minimum Gasteiger partial charge on any atom is -0.375 e. The van der Waals surface area contributed by atoms with Crippen LogP contribution in [0.15, 0.2) is 53.7 Å². The zero-order valence-corrected chi connectivity index (χ0v) is 9.49. The first-order valence-electron chi connectivity index (χ1n) is 5.29. The van der Waals surface area contributed by atoms with Crippen molar-refractivity contribution in [1.82, 2.24) is 5.32 Å². The Bertz CT molecular complexity index is 412. The van der Waals surface area contributed by atoms with Gasteiger partial charge in [-0.05, 0) is 13.0 Å². The third-order valence-electron chi connectivity index (χ3n) is 2.74. The molecular weight excluding hydrogens is 200 g/mol. The van der Waals surface area contributed by atoms with Gasteiger partial charge in [0, 0.05) is 11.3 Å². The Balaban J connectivity index is 2.48. The van der Waals surface area contributed by atoms with Gasteiger partial charge < -0.3 is 10.1 Å². The van der Waals surface area contributed by atoms with Crippen LogP contribution in [0.2, 0.25) is 0 Å². The molecule has 3 heteroatoms. The van der Waals surface area contributed by atoms with Crippen molar-refractivity contribution in [1.29, 1.82) is 0 Å². The molecule has 0 aliphatic carbocycles. The Morgan fingerprint density at radius 3 is 2.50 bits per heavy atom. The van der Waals surface area contributed by atoms with Crippen LogP contribution in [-0.2, 0) is 4.74 Å². The molecule has 1 fully saturated rings. The Labute approximate surface area is 95.9 Å². The van der Waals surface area contributed by atoms with E-state index >= 15 is 0 Å². The lowest BCUT2D eigenvalue weighted by Crippen LogP contribution is -2.54. The molecule has 16 heavy (non-hydrogen) atoms. The van der Waals surface area contributed by atoms with Gasteiger partial charge in [-0.1, -0.05) is 31.4 Å². The molecule has 1 N–H and O–H groups in total. The number of hydrogen-bond donors (Lipinski definition) is 1. The van der Waals surface area contributed by atoms with Gasteiger partial charge in [0.25, 0.3) is 0 Å². The van der Waals surface area contributed by atoms with Gasteiger partial charge >= 0.3 is 0 Å². The second-order valence-corrected chi connectivity index (χ2v) is 3.98. The molecule has 1 spiro atoms. The number of allylic oxidation sites excluding steroid dienone is 4. The number of nitrogens with one attached hydrogen (secondary N) is 1. The van der Waals surface area contributed by atoms with Crippen LogP contribution in [0.5, 0.6) is 0 Å². The molecule has 2 aliphatic rings. The molecule has 0 amide bonds. The van der Waals surface area contributed by atoms with Crippen LogP contribution in [0.1, 0.15) is 6.92 Å². The Morgan fingerprint density at radius 2 is 2.00 bits per heavy atom. The summed E-state index contributed by atoms with van der Waals surface area (Å²) in [6, 6.07) is 0. The molecule has 0 bridgehead atoms. The number of aliphatic imine (C=N–C) groups is 1. The van der Waals surface area contributed by atoms with Crippen molar-refractivity contribution >= 4 is 5.84 Å². The number of ether oxygens (including phenoxy) is 1. The van der Waals surface area contributed by atoms with Crippen molar-refractivity contribution in [3.05, 3.63) is 48.7 Å². The predicted octanol–water partition coefficient (Wildman–Crippen LogP) is 1.96. The molecule has 2 heterocycles. The van der Waals surface area contributed by atoms with Crippen molar-refractivity contribution in [3.8, 4) is 0 Å². The molecular formula is C13H16N2O. The van der Waals surface area contributed by atoms with Crippen molar-refractivity contribution in [3.63, 3.8) is 0 Å². The maximum absolute atomic E-state index is 5.30. The van der Waals surface area contributed by atoms with Gasteiger partial charge in [0.15, 0.2) is 0 Å². The van der Waals surface area contributed by atoms with E-state index in [-0.39, 0.29) is 5.54 Å². The molecule has 2 rings (SSSR count). The molecule has 0 radical (unpaired) electrons. The molecule has 1 saturated heterocycles. The van der Waals surface area contributed by atoms with Crippen molar-refractivity contribution in [2.45, 2.75) is 12.5 Å². The van der Waals surface area contributed by atoms with Crippen LogP contribution in [0.3, 0.4) is 0 Å². The van der Waals surface area contributed by atoms with Crippen molar-refractivity contribution < 1.29 is 4.74 Å². The van der Waals surface area contributed by atoms with Crippen LogP contribution in [-0.4, -0.2) is 24.6 Å². The summed E-state index contributed by atoms with van der Waals surface area (Å²) < 4.78 is 5.30. The fraction of sp³-hybridized carbons (Fsp3) is 0.308. The summed E-state index contributed by atoms with van der Waals surface area (Å²) in [7, 11) is 0. The number of nitrogens with zero attached hydrogens (tertiary/aromatic N) is 1. The number of amidine groups is 1. The molecule has 84 valence electrons. The smallest absolute Gasteiger partial charge is 0.136 e. The van der Waals surface area contributed by atoms with E-state index in [4.69, 9.17) is 4.74 Å². The van der Waals surface area contributed by atoms with Crippen LogP contribution < -0.4 is 5.32 Å². The SMILES string of the molecule is C=C/C=C1/NC(C)=NC2(COC2)/C1=C/C=C. The maximum Gasteiger partial charge on any atom is 0.136 e. The maximum atomic E-state index is 5.30. The van der Waals surface area contributed by atoms with Gasteiger partial charge in [-0.15, -0.1) is 0 Å². The van der Waals surface area contributed by atoms with Gasteiger partial charge in [-0.3, -0.25) is 4.99 Å². The van der Waals surface area contributed by atoms with Crippen LogP contribution >= 0.6 is 0 Å². The fourth-order valence-corrected chi connectivity index (χ4v) is 2.05. The van der Waals surface area contributed by atoms with Gasteiger partial charge in [-0.2, -0.15) is 0 Å². The third kappa shape index (κ3) is 1.63. The van der Waals surface area contributed by atoms with E-state index in [1.807, 2.05) is 19.1 Å². The van der Waals surface area contributed by atoms with Gasteiger partial charge in [0.2, 0.25) is 0 Å². The van der Waals surface area contributed by atoms with E-state index < -0.39 is 0 Å². The molecule has 0 aromatic carbocycles. The van der Waals surface area contributed by atoms with E-state index in [0.29, 0.717) is 13.2 Å². The minimum absolute atomic E-state index is 0.210. The lowest BCUT2D eigenvalue weighted by Gasteiger charge is -2.43. The molecule has 0 unspecified atom stereocenters. The lowest BCUT2D eigenvalue weighted by atomic mass is 9.84. The van der Waals surface area contributed by atoms with E-state index in [2.05, 4.69) is 23.5 Å². The normalized spacial score (nSPS) is 27.2. The summed E-state index contributed by atoms with van der Waals surface area (Å²) >= 11 is 0. The van der Waals surface area contributed by atoms with Gasteiger partial charge in [0.05, 0.1) is 19.0 Å². The van der Waals surface area contributed by atoms with E-state index in [0.717, 1.165) is 17.1 Å². The Morgan fingerprint density at radius 1 is 1.31 bits per heavy atom. The third-order valence-corrected chi connectivity index (χ3v) is 2.74. The topological polar surface area (TPSA) is 33.6 Å². The number of hydrogen-bond acceptors (Lipinski definition) is 3. The highest BCUT2D eigenvalue weighted by atomic mass is 16.5. The van der Waals surface area contributed by atoms with Crippen LogP contribution in [0, 0.1) is 0 Å². The van der Waals surface area contributed by atoms with E-state index in [1.54, 1.807) is 12.2 Å². The second-order valence-electron chi connectivity index (χ2n) is 3.98. The largest absolute Gasteiger partial charge is 0.375 e. The molecule has 0 atom stereocenters. The lowest BCUT2D eigenvalue weighted by molar-refractivity contribution is -0.0328. The first-order valence-corrected chi connectivity index (χ1v) is 5.29. The van der Waals surface area contributed by atoms with Crippen LogP contribution in [0.25, 0.3) is 0 Å². The summed E-state index contributed by atoms with van der Waals surface area (Å²) in [5.41, 5.74) is 1.95. The van der Waals surface area contributed by atoms with E-state index in [1.165, 1.54) is 0 Å². The Kier molecular flexibility index (Phi) is 2.79. The predicted molar refractivity (Wildman–Crippen MR) is 66.4 cm³/mol. The first-order chi connectivity index (χ1) is 7.72. The van der Waals surface area contributed by atoms with Crippen molar-refractivity contribution in [2.24, 2.45) is 4.99 Å². The summed E-state index contributed by atoms with van der Waals surface area (Å²) in [5.74, 6) is 0.914. The summed E-state index contributed by atoms with van der Waals surface area (Å²) in [4.78, 5) is 4.64. The average Bonchev–Trinajstić information content (AvgIpc) is 2.19. The second kappa shape index (κ2) is 4.10. The molecule has 0 saturated carbocycles. The molecule has 0 aromatic heterocycles. The average molecular weight is 216 g/mol. The zero-order chi connectivity index (χ0) is 11.6. The zero-order valence-electron chi connectivity index (χ0n) is 9.49. The monoisotopic (exact) mass is 216 g/mol. The molecule has 3 nitrogen and oxygen atoms in total. The van der Waals surface area contributed by atoms with Crippen molar-refractivity contribution in [2.75, 3.05) is 13.2 Å². The fourth-order valence-electron chi connectivity index (χ4n) is 2.05. The van der Waals surface area contributed by atoms with Gasteiger partial charge in [0.1, 0.15) is 5.54 Å². The highest BCUT2D eigenvalue weighted by Crippen LogP contribution is 2.36. The summed E-state index contributed by atoms with van der Waals surface area (Å²) in [6.07, 6.45) is 7.49. The standard InChI is InChI=1S/C13H16N2O/c1-4-6-11-12(7-5-2)14-10(3)15-13(11)8-16-9-13/h4-7H,1-2,8-9H2,3H3,(H,14,15)/b11-6+,12-7+. The van der Waals surface area contributed by atoms with Crippen LogP contribution in [0.4, 0.5) is 0 Å². The molecule has 0 aromatic rings. The summed E-state index contributed by atoms with van der Waals surface area (Å²) in [5, 5.41) is 3.24. The molecule has 2 aliphatic heterocycles. The Hall–Kier alpha value is -1.61. The summed E-state index contributed by atoms with van der Waals surface area (Å²) in [6.45, 7) is 10.7.